The molecule has 0 spiro atoms. The van der Waals surface area contributed by atoms with Crippen molar-refractivity contribution in [1.29, 1.82) is 0 Å². The zero-order valence-corrected chi connectivity index (χ0v) is 15.9. The van der Waals surface area contributed by atoms with E-state index in [1.165, 1.54) is 18.2 Å². The summed E-state index contributed by atoms with van der Waals surface area (Å²) in [5.41, 5.74) is 1.54. The zero-order valence-electron chi connectivity index (χ0n) is 14.3. The summed E-state index contributed by atoms with van der Waals surface area (Å²) in [7, 11) is -3.26. The average Bonchev–Trinajstić information content (AvgIpc) is 2.59. The number of ether oxygens (including phenoxy) is 1. The van der Waals surface area contributed by atoms with Gasteiger partial charge in [-0.1, -0.05) is 18.5 Å². The molecule has 0 bridgehead atoms. The van der Waals surface area contributed by atoms with Gasteiger partial charge in [0.2, 0.25) is 0 Å². The molecule has 0 aliphatic carbocycles. The average molecular weight is 393 g/mol. The summed E-state index contributed by atoms with van der Waals surface area (Å²) in [6.07, 6.45) is 1.87. The maximum atomic E-state index is 11.8. The van der Waals surface area contributed by atoms with Crippen molar-refractivity contribution in [3.63, 3.8) is 0 Å². The van der Waals surface area contributed by atoms with Crippen LogP contribution in [0.25, 0.3) is 11.0 Å². The second-order valence-electron chi connectivity index (χ2n) is 5.92. The second kappa shape index (κ2) is 7.13. The largest absolute Gasteiger partial charge is 0.489 e. The topological polar surface area (TPSA) is 73.6 Å². The Morgan fingerprint density at radius 2 is 1.77 bits per heavy atom. The zero-order chi connectivity index (χ0) is 18.9. The van der Waals surface area contributed by atoms with Crippen LogP contribution < -0.4 is 10.4 Å². The van der Waals surface area contributed by atoms with Crippen molar-refractivity contribution < 1.29 is 17.6 Å². The van der Waals surface area contributed by atoms with E-state index in [4.69, 9.17) is 20.8 Å². The molecular weight excluding hydrogens is 376 g/mol. The Kier molecular flexibility index (Phi) is 5.07. The van der Waals surface area contributed by atoms with Gasteiger partial charge in [-0.25, -0.2) is 13.2 Å². The molecule has 0 fully saturated rings. The summed E-state index contributed by atoms with van der Waals surface area (Å²) in [5, 5.41) is 1.31. The molecule has 0 unspecified atom stereocenters. The molecule has 7 heteroatoms. The van der Waals surface area contributed by atoms with Gasteiger partial charge < -0.3 is 9.15 Å². The molecule has 26 heavy (non-hydrogen) atoms. The van der Waals surface area contributed by atoms with Gasteiger partial charge in [-0.2, -0.15) is 0 Å². The molecule has 1 heterocycles. The highest BCUT2D eigenvalue weighted by Crippen LogP contribution is 2.27. The van der Waals surface area contributed by atoms with Gasteiger partial charge in [0.15, 0.2) is 9.84 Å². The monoisotopic (exact) mass is 392 g/mol. The van der Waals surface area contributed by atoms with Crippen molar-refractivity contribution in [1.82, 2.24) is 0 Å². The Morgan fingerprint density at radius 1 is 1.08 bits per heavy atom. The number of fused-ring (bicyclic) bond motifs is 1. The fourth-order valence-corrected chi connectivity index (χ4v) is 3.55. The number of aryl methyl sites for hydroxylation is 1. The minimum absolute atomic E-state index is 0.127. The molecule has 136 valence electrons. The highest BCUT2D eigenvalue weighted by atomic mass is 35.5. The summed E-state index contributed by atoms with van der Waals surface area (Å²) in [6, 6.07) is 11.0. The van der Waals surface area contributed by atoms with E-state index in [0.717, 1.165) is 18.2 Å². The first-order valence-electron chi connectivity index (χ1n) is 7.96. The summed E-state index contributed by atoms with van der Waals surface area (Å²) < 4.78 is 34.0. The Bertz CT molecular complexity index is 1120. The van der Waals surface area contributed by atoms with E-state index in [2.05, 4.69) is 0 Å². The number of hydrogen-bond acceptors (Lipinski definition) is 5. The van der Waals surface area contributed by atoms with Crippen LogP contribution in [0, 0.1) is 0 Å². The first-order chi connectivity index (χ1) is 12.3. The minimum Gasteiger partial charge on any atom is -0.489 e. The maximum Gasteiger partial charge on any atom is 0.336 e. The fourth-order valence-electron chi connectivity index (χ4n) is 2.62. The molecule has 0 saturated carbocycles. The van der Waals surface area contributed by atoms with Crippen LogP contribution in [0.1, 0.15) is 18.1 Å². The molecule has 0 aliphatic rings. The van der Waals surface area contributed by atoms with Gasteiger partial charge >= 0.3 is 5.63 Å². The van der Waals surface area contributed by atoms with Crippen LogP contribution in [0.5, 0.6) is 5.75 Å². The van der Waals surface area contributed by atoms with Gasteiger partial charge in [-0.3, -0.25) is 0 Å². The highest BCUT2D eigenvalue weighted by molar-refractivity contribution is 7.90. The quantitative estimate of drug-likeness (QED) is 0.614. The van der Waals surface area contributed by atoms with Gasteiger partial charge in [0.25, 0.3) is 0 Å². The normalized spacial score (nSPS) is 11.7. The van der Waals surface area contributed by atoms with Crippen molar-refractivity contribution >= 4 is 32.4 Å². The van der Waals surface area contributed by atoms with Gasteiger partial charge in [0, 0.05) is 28.3 Å². The van der Waals surface area contributed by atoms with Gasteiger partial charge in [0.1, 0.15) is 17.9 Å². The second-order valence-corrected chi connectivity index (χ2v) is 8.34. The molecule has 5 nitrogen and oxygen atoms in total. The van der Waals surface area contributed by atoms with Crippen molar-refractivity contribution in [2.45, 2.75) is 24.8 Å². The van der Waals surface area contributed by atoms with E-state index < -0.39 is 15.5 Å². The van der Waals surface area contributed by atoms with E-state index >= 15 is 0 Å². The van der Waals surface area contributed by atoms with E-state index in [9.17, 15) is 13.2 Å². The SMILES string of the molecule is CCc1cc2oc(=O)cc(COc3ccc(S(C)(=O)=O)cc3)c2cc1Cl. The molecule has 0 atom stereocenters. The lowest BCUT2D eigenvalue weighted by Gasteiger charge is -2.10. The molecule has 2 aromatic carbocycles. The van der Waals surface area contributed by atoms with Crippen molar-refractivity contribution in [3.05, 3.63) is 69.0 Å². The molecule has 0 amide bonds. The van der Waals surface area contributed by atoms with Gasteiger partial charge in [0.05, 0.1) is 4.90 Å². The number of halogens is 1. The molecule has 3 aromatic rings. The van der Waals surface area contributed by atoms with Crippen LogP contribution in [0.2, 0.25) is 5.02 Å². The van der Waals surface area contributed by atoms with Crippen molar-refractivity contribution in [2.75, 3.05) is 6.26 Å². The summed E-state index contributed by atoms with van der Waals surface area (Å²) in [5.74, 6) is 0.495. The van der Waals surface area contributed by atoms with Crippen LogP contribution in [-0.2, 0) is 22.9 Å². The molecular formula is C19H17ClO5S. The molecule has 0 N–H and O–H groups in total. The Hall–Kier alpha value is -2.31. The van der Waals surface area contributed by atoms with Crippen LogP contribution in [0.4, 0.5) is 0 Å². The predicted octanol–water partition coefficient (Wildman–Crippen LogP) is 3.99. The molecule has 0 saturated heterocycles. The molecule has 3 rings (SSSR count). The lowest BCUT2D eigenvalue weighted by atomic mass is 10.1. The number of sulfone groups is 1. The standard InChI is InChI=1S/C19H17ClO5S/c1-3-12-8-18-16(10-17(12)20)13(9-19(21)25-18)11-24-14-4-6-15(7-5-14)26(2,22)23/h4-10H,3,11H2,1-2H3. The Balaban J connectivity index is 1.91. The van der Waals surface area contributed by atoms with Crippen molar-refractivity contribution in [3.8, 4) is 5.75 Å². The van der Waals surface area contributed by atoms with E-state index in [0.29, 0.717) is 27.3 Å². The Morgan fingerprint density at radius 3 is 2.38 bits per heavy atom. The van der Waals surface area contributed by atoms with Crippen LogP contribution in [0.15, 0.2) is 56.6 Å². The Labute approximate surface area is 156 Å². The lowest BCUT2D eigenvalue weighted by molar-refractivity contribution is 0.306. The predicted molar refractivity (Wildman–Crippen MR) is 101 cm³/mol. The van der Waals surface area contributed by atoms with Crippen molar-refractivity contribution in [2.24, 2.45) is 0 Å². The lowest BCUT2D eigenvalue weighted by Crippen LogP contribution is -2.05. The van der Waals surface area contributed by atoms with E-state index in [-0.39, 0.29) is 11.5 Å². The highest BCUT2D eigenvalue weighted by Gasteiger charge is 2.11. The van der Waals surface area contributed by atoms with Crippen LogP contribution in [-0.4, -0.2) is 14.7 Å². The van der Waals surface area contributed by atoms with E-state index in [1.54, 1.807) is 24.3 Å². The van der Waals surface area contributed by atoms with E-state index in [1.807, 2.05) is 6.92 Å². The third-order valence-corrected chi connectivity index (χ3v) is 5.50. The summed E-state index contributed by atoms with van der Waals surface area (Å²) in [4.78, 5) is 12.1. The molecule has 0 radical (unpaired) electrons. The fraction of sp³-hybridized carbons (Fsp3) is 0.211. The number of benzene rings is 2. The minimum atomic E-state index is -3.26. The first-order valence-corrected chi connectivity index (χ1v) is 10.2. The third kappa shape index (κ3) is 3.92. The number of rotatable bonds is 5. The van der Waals surface area contributed by atoms with Gasteiger partial charge in [-0.15, -0.1) is 0 Å². The summed E-state index contributed by atoms with van der Waals surface area (Å²) in [6.45, 7) is 2.10. The molecule has 0 aliphatic heterocycles. The first kappa shape index (κ1) is 18.5. The smallest absolute Gasteiger partial charge is 0.336 e. The number of hydrogen-bond donors (Lipinski definition) is 0. The maximum absolute atomic E-state index is 11.8. The van der Waals surface area contributed by atoms with Crippen LogP contribution >= 0.6 is 11.6 Å². The summed E-state index contributed by atoms with van der Waals surface area (Å²) >= 11 is 6.27. The molecule has 1 aromatic heterocycles. The third-order valence-electron chi connectivity index (χ3n) is 4.02. The van der Waals surface area contributed by atoms with Crippen LogP contribution in [0.3, 0.4) is 0 Å². The van der Waals surface area contributed by atoms with Gasteiger partial charge in [-0.05, 0) is 48.4 Å².